The van der Waals surface area contributed by atoms with Crippen molar-refractivity contribution in [3.63, 3.8) is 0 Å². The lowest BCUT2D eigenvalue weighted by molar-refractivity contribution is 1.18. The molecule has 0 radical (unpaired) electrons. The zero-order valence-electron chi connectivity index (χ0n) is 65.0. The van der Waals surface area contributed by atoms with Crippen molar-refractivity contribution in [2.45, 2.75) is 0 Å². The Morgan fingerprint density at radius 1 is 0.158 bits per heavy atom. The first kappa shape index (κ1) is 70.0. The second kappa shape index (κ2) is 29.3. The van der Waals surface area contributed by atoms with Gasteiger partial charge in [-0.05, 0) is 278 Å². The Morgan fingerprint density at radius 3 is 0.642 bits per heavy atom. The van der Waals surface area contributed by atoms with Gasteiger partial charge in [-0.1, -0.05) is 170 Å². The van der Waals surface area contributed by atoms with E-state index in [2.05, 4.69) is 438 Å². The molecule has 0 aliphatic carbocycles. The number of nitriles is 2. The maximum atomic E-state index is 10.1. The molecule has 0 saturated heterocycles. The van der Waals surface area contributed by atoms with Gasteiger partial charge in [0.15, 0.2) is 0 Å². The molecule has 4 aromatic heterocycles. The van der Waals surface area contributed by atoms with E-state index in [0.29, 0.717) is 11.1 Å². The fourth-order valence-corrected chi connectivity index (χ4v) is 18.1. The number of nitrogens with zero attached hydrogens (tertiary/aromatic N) is 10. The third-order valence-electron chi connectivity index (χ3n) is 23.5. The van der Waals surface area contributed by atoms with Gasteiger partial charge in [0.2, 0.25) is 0 Å². The van der Waals surface area contributed by atoms with Gasteiger partial charge in [0.05, 0.1) is 67.4 Å². The summed E-state index contributed by atoms with van der Waals surface area (Å²) in [5, 5.41) is 29.3. The monoisotopic (exact) mass is 1530 g/mol. The fraction of sp³-hybridized carbons (Fsp3) is 0. The van der Waals surface area contributed by atoms with Gasteiger partial charge in [0.25, 0.3) is 0 Å². The fourth-order valence-electron chi connectivity index (χ4n) is 18.1. The molecular formula is C110H72N10. The molecule has 18 aromatic carbocycles. The standard InChI is InChI=1S/C110H72N10/c111-73-75-39-45-85(46-40-75)115(93-58-64-106-100(70-93)96-36-20-22-38-104(96)118(106)82-29-13-4-14-30-82)89-53-55-90(56-54-89)116(86-47-41-76(74-112)42-48-86)94-60-66-108-102(72-94)98-62-44-78(68-110(98)120(108)84-33-17-6-18-34-84)77-43-61-97-101-71-92(59-65-107(101)119(109(97)67-77)83-31-15-5-16-32-83)114(80-25-9-2-10-26-80)88-51-49-87(50-52-88)113(79-23-7-1-8-24-79)91-57-63-105-99(69-91)95-35-19-21-37-103(95)117(105)81-27-11-3-12-28-81/h1-72H. The van der Waals surface area contributed by atoms with Crippen LogP contribution in [0.2, 0.25) is 0 Å². The quantitative estimate of drug-likeness (QED) is 0.0904. The van der Waals surface area contributed by atoms with Gasteiger partial charge >= 0.3 is 0 Å². The first-order valence-electron chi connectivity index (χ1n) is 40.4. The number of rotatable bonds is 17. The predicted molar refractivity (Wildman–Crippen MR) is 497 cm³/mol. The zero-order valence-corrected chi connectivity index (χ0v) is 65.0. The van der Waals surface area contributed by atoms with Crippen LogP contribution >= 0.6 is 0 Å². The second-order valence-electron chi connectivity index (χ2n) is 30.4. The third kappa shape index (κ3) is 12.0. The molecule has 10 heteroatoms. The number of para-hydroxylation sites is 8. The van der Waals surface area contributed by atoms with Crippen LogP contribution in [0.1, 0.15) is 11.1 Å². The lowest BCUT2D eigenvalue weighted by Crippen LogP contribution is -2.12. The third-order valence-corrected chi connectivity index (χ3v) is 23.5. The highest BCUT2D eigenvalue weighted by molar-refractivity contribution is 6.16. The number of hydrogen-bond donors (Lipinski definition) is 0. The lowest BCUT2D eigenvalue weighted by atomic mass is 10.0. The van der Waals surface area contributed by atoms with Crippen molar-refractivity contribution in [3.8, 4) is 46.0 Å². The van der Waals surface area contributed by atoms with Gasteiger partial charge < -0.3 is 37.9 Å². The minimum absolute atomic E-state index is 0.578. The highest BCUT2D eigenvalue weighted by atomic mass is 15.2. The summed E-state index contributed by atoms with van der Waals surface area (Å²) in [6.45, 7) is 0. The SMILES string of the molecule is N#Cc1ccc(N(c2ccc(N(c3ccc(C#N)cc3)c3ccc4c(c3)c3ccc(-c5ccc6c7cc(N(c8ccccc8)c8ccc(N(c9ccccc9)c9ccc%10c(c9)c9ccccc9n%10-c9ccccc9)cc8)ccc7n(-c7ccccc7)c6c5)cc3n4-c3ccccc3)cc2)c2ccc3c(c2)c2ccccc2n3-c2ccccc2)cc1. The van der Waals surface area contributed by atoms with Crippen molar-refractivity contribution in [3.05, 3.63) is 448 Å². The number of hydrogen-bond acceptors (Lipinski definition) is 6. The predicted octanol–water partition coefficient (Wildman–Crippen LogP) is 29.4. The number of anilines is 12. The molecule has 562 valence electrons. The first-order valence-corrected chi connectivity index (χ1v) is 40.4. The van der Waals surface area contributed by atoms with Crippen LogP contribution in [0.5, 0.6) is 0 Å². The Hall–Kier alpha value is -16.7. The molecule has 0 atom stereocenters. The molecule has 0 aliphatic heterocycles. The summed E-state index contributed by atoms with van der Waals surface area (Å²) in [7, 11) is 0. The molecule has 0 fully saturated rings. The largest absolute Gasteiger partial charge is 0.310 e. The summed E-state index contributed by atoms with van der Waals surface area (Å²) < 4.78 is 9.51. The van der Waals surface area contributed by atoms with Gasteiger partial charge in [-0.3, -0.25) is 0 Å². The van der Waals surface area contributed by atoms with Gasteiger partial charge in [0, 0.05) is 134 Å². The van der Waals surface area contributed by atoms with Crippen molar-refractivity contribution < 1.29 is 0 Å². The van der Waals surface area contributed by atoms with Gasteiger partial charge in [-0.15, -0.1) is 0 Å². The molecule has 0 amide bonds. The molecule has 0 saturated carbocycles. The Labute approximate surface area is 693 Å². The highest BCUT2D eigenvalue weighted by Gasteiger charge is 2.26. The highest BCUT2D eigenvalue weighted by Crippen LogP contribution is 2.48. The van der Waals surface area contributed by atoms with Crippen molar-refractivity contribution >= 4 is 155 Å². The molecule has 0 bridgehead atoms. The second-order valence-corrected chi connectivity index (χ2v) is 30.4. The molecule has 4 heterocycles. The van der Waals surface area contributed by atoms with E-state index in [0.717, 1.165) is 173 Å². The van der Waals surface area contributed by atoms with E-state index >= 15 is 0 Å². The van der Waals surface area contributed by atoms with E-state index in [4.69, 9.17) is 0 Å². The molecule has 120 heavy (non-hydrogen) atoms. The van der Waals surface area contributed by atoms with E-state index in [1.165, 1.54) is 16.3 Å². The summed E-state index contributed by atoms with van der Waals surface area (Å²) in [5.74, 6) is 0. The van der Waals surface area contributed by atoms with E-state index in [-0.39, 0.29) is 0 Å². The van der Waals surface area contributed by atoms with Gasteiger partial charge in [0.1, 0.15) is 0 Å². The van der Waals surface area contributed by atoms with E-state index < -0.39 is 0 Å². The average Bonchev–Trinajstić information content (AvgIpc) is 1.65. The van der Waals surface area contributed by atoms with Crippen LogP contribution in [0.4, 0.5) is 68.2 Å². The van der Waals surface area contributed by atoms with Crippen molar-refractivity contribution in [1.82, 2.24) is 18.3 Å². The molecule has 22 aromatic rings. The summed E-state index contributed by atoms with van der Waals surface area (Å²) in [4.78, 5) is 9.27. The molecule has 22 rings (SSSR count). The number of benzene rings is 18. The molecule has 10 nitrogen and oxygen atoms in total. The minimum Gasteiger partial charge on any atom is -0.310 e. The van der Waals surface area contributed by atoms with Crippen molar-refractivity contribution in [2.75, 3.05) is 19.6 Å². The van der Waals surface area contributed by atoms with Crippen LogP contribution in [-0.2, 0) is 0 Å². The van der Waals surface area contributed by atoms with E-state index in [1.807, 2.05) is 48.5 Å². The van der Waals surface area contributed by atoms with Crippen LogP contribution in [-0.4, -0.2) is 18.3 Å². The zero-order chi connectivity index (χ0) is 79.7. The Bertz CT molecular complexity index is 7760. The normalized spacial score (nSPS) is 11.5. The number of fused-ring (bicyclic) bond motifs is 12. The summed E-state index contributed by atoms with van der Waals surface area (Å²) in [6.07, 6.45) is 0. The summed E-state index contributed by atoms with van der Waals surface area (Å²) in [5.41, 5.74) is 28.5. The maximum Gasteiger partial charge on any atom is 0.0991 e. The van der Waals surface area contributed by atoms with Crippen LogP contribution in [0.3, 0.4) is 0 Å². The summed E-state index contributed by atoms with van der Waals surface area (Å²) in [6, 6.07) is 160. The van der Waals surface area contributed by atoms with Crippen LogP contribution in [0.25, 0.3) is 121 Å². The van der Waals surface area contributed by atoms with E-state index in [1.54, 1.807) is 0 Å². The molecule has 0 N–H and O–H groups in total. The molecular weight excluding hydrogens is 1460 g/mol. The smallest absolute Gasteiger partial charge is 0.0991 e. The van der Waals surface area contributed by atoms with Crippen molar-refractivity contribution in [1.29, 1.82) is 10.5 Å². The van der Waals surface area contributed by atoms with Crippen LogP contribution in [0, 0.1) is 22.7 Å². The topological polar surface area (TPSA) is 80.3 Å². The van der Waals surface area contributed by atoms with Gasteiger partial charge in [-0.2, -0.15) is 10.5 Å². The molecule has 0 unspecified atom stereocenters. The molecule has 0 aliphatic rings. The van der Waals surface area contributed by atoms with Crippen LogP contribution in [0.15, 0.2) is 437 Å². The molecule has 0 spiro atoms. The van der Waals surface area contributed by atoms with E-state index in [9.17, 15) is 10.5 Å². The maximum absolute atomic E-state index is 10.1. The summed E-state index contributed by atoms with van der Waals surface area (Å²) >= 11 is 0. The Kier molecular flexibility index (Phi) is 17.1. The van der Waals surface area contributed by atoms with Crippen molar-refractivity contribution in [2.24, 2.45) is 0 Å². The minimum atomic E-state index is 0.578. The lowest BCUT2D eigenvalue weighted by Gasteiger charge is -2.28. The average molecular weight is 1530 g/mol. The number of aromatic nitrogens is 4. The first-order chi connectivity index (χ1) is 59.4. The van der Waals surface area contributed by atoms with Gasteiger partial charge in [-0.25, -0.2) is 0 Å². The van der Waals surface area contributed by atoms with Crippen LogP contribution < -0.4 is 19.6 Å². The Balaban J connectivity index is 0.635. The Morgan fingerprint density at radius 2 is 0.367 bits per heavy atom.